The highest BCUT2D eigenvalue weighted by Crippen LogP contribution is 2.52. The van der Waals surface area contributed by atoms with E-state index in [1.54, 1.807) is 18.2 Å². The number of aliphatic imine (C=N–C) groups is 1. The molecule has 0 N–H and O–H groups in total. The zero-order valence-electron chi connectivity index (χ0n) is 10.2. The van der Waals surface area contributed by atoms with Gasteiger partial charge in [0.15, 0.2) is 0 Å². The zero-order valence-corrected chi connectivity index (χ0v) is 10.2. The van der Waals surface area contributed by atoms with Crippen LogP contribution in [-0.2, 0) is 10.3 Å². The van der Waals surface area contributed by atoms with E-state index in [0.717, 1.165) is 50.0 Å². The molecule has 0 aromatic heterocycles. The van der Waals surface area contributed by atoms with Gasteiger partial charge in [-0.05, 0) is 37.8 Å². The fourth-order valence-electron chi connectivity index (χ4n) is 2.77. The van der Waals surface area contributed by atoms with Gasteiger partial charge < -0.3 is 4.90 Å². The predicted octanol–water partition coefficient (Wildman–Crippen LogP) is 2.75. The van der Waals surface area contributed by atoms with Crippen molar-refractivity contribution in [3.05, 3.63) is 29.6 Å². The molecule has 1 saturated heterocycles. The largest absolute Gasteiger partial charge is 0.371 e. The minimum Gasteiger partial charge on any atom is -0.371 e. The van der Waals surface area contributed by atoms with E-state index in [1.165, 1.54) is 6.07 Å². The Kier molecular flexibility index (Phi) is 2.67. The molecular weight excluding hydrogens is 231 g/mol. The highest BCUT2D eigenvalue weighted by Gasteiger charge is 2.47. The lowest BCUT2D eigenvalue weighted by atomic mass is 10.0. The van der Waals surface area contributed by atoms with Crippen LogP contribution in [0.15, 0.2) is 23.2 Å². The maximum Gasteiger partial charge on any atom is 0.235 e. The Morgan fingerprint density at radius 2 is 2.00 bits per heavy atom. The van der Waals surface area contributed by atoms with Crippen molar-refractivity contribution >= 4 is 11.8 Å². The number of isocyanates is 1. The summed E-state index contributed by atoms with van der Waals surface area (Å²) in [6, 6.07) is 4.80. The first kappa shape index (κ1) is 11.4. The molecule has 2 fully saturated rings. The molecule has 18 heavy (non-hydrogen) atoms. The Morgan fingerprint density at radius 1 is 1.28 bits per heavy atom. The summed E-state index contributed by atoms with van der Waals surface area (Å²) in [5.41, 5.74) is 1.46. The van der Waals surface area contributed by atoms with Crippen molar-refractivity contribution in [1.82, 2.24) is 0 Å². The van der Waals surface area contributed by atoms with Gasteiger partial charge in [-0.3, -0.25) is 0 Å². The normalized spacial score (nSPS) is 20.6. The van der Waals surface area contributed by atoms with Crippen LogP contribution in [0.3, 0.4) is 0 Å². The lowest BCUT2D eigenvalue weighted by Gasteiger charge is -2.23. The first-order chi connectivity index (χ1) is 8.75. The molecule has 1 aliphatic carbocycles. The highest BCUT2D eigenvalue weighted by molar-refractivity contribution is 5.60. The molecule has 0 spiro atoms. The van der Waals surface area contributed by atoms with Crippen LogP contribution in [0.1, 0.15) is 31.2 Å². The van der Waals surface area contributed by atoms with Crippen LogP contribution in [-0.4, -0.2) is 19.2 Å². The van der Waals surface area contributed by atoms with Gasteiger partial charge in [-0.25, -0.2) is 9.18 Å². The molecule has 0 amide bonds. The molecule has 0 unspecified atom stereocenters. The molecule has 2 aliphatic rings. The maximum absolute atomic E-state index is 13.5. The molecule has 3 nitrogen and oxygen atoms in total. The number of benzene rings is 1. The van der Waals surface area contributed by atoms with E-state index in [0.29, 0.717) is 0 Å². The molecule has 0 atom stereocenters. The summed E-state index contributed by atoms with van der Waals surface area (Å²) in [6.45, 7) is 1.91. The monoisotopic (exact) mass is 246 g/mol. The molecule has 94 valence electrons. The van der Waals surface area contributed by atoms with Crippen molar-refractivity contribution in [2.45, 2.75) is 31.2 Å². The van der Waals surface area contributed by atoms with Crippen LogP contribution in [0.25, 0.3) is 0 Å². The van der Waals surface area contributed by atoms with Gasteiger partial charge in [-0.1, -0.05) is 6.07 Å². The van der Waals surface area contributed by atoms with Gasteiger partial charge in [-0.2, -0.15) is 4.99 Å². The molecule has 1 heterocycles. The summed E-state index contributed by atoms with van der Waals surface area (Å²) in [5, 5.41) is 0. The highest BCUT2D eigenvalue weighted by atomic mass is 19.1. The third kappa shape index (κ3) is 1.83. The van der Waals surface area contributed by atoms with Crippen molar-refractivity contribution in [1.29, 1.82) is 0 Å². The summed E-state index contributed by atoms with van der Waals surface area (Å²) in [7, 11) is 0. The van der Waals surface area contributed by atoms with Gasteiger partial charge in [0.1, 0.15) is 11.4 Å². The summed E-state index contributed by atoms with van der Waals surface area (Å²) < 4.78 is 13.5. The molecule has 3 rings (SSSR count). The molecule has 0 bridgehead atoms. The Bertz CT molecular complexity index is 513. The lowest BCUT2D eigenvalue weighted by molar-refractivity contribution is 0.556. The number of halogens is 1. The van der Waals surface area contributed by atoms with Crippen LogP contribution in [0, 0.1) is 5.82 Å². The Hall–Kier alpha value is -1.67. The summed E-state index contributed by atoms with van der Waals surface area (Å²) in [4.78, 5) is 16.7. The van der Waals surface area contributed by atoms with E-state index in [2.05, 4.69) is 9.89 Å². The van der Waals surface area contributed by atoms with Gasteiger partial charge in [0.25, 0.3) is 0 Å². The SMILES string of the molecule is O=C=NC1(c2ccc(F)cc2N2CCCC2)CC1. The lowest BCUT2D eigenvalue weighted by Crippen LogP contribution is -2.21. The minimum atomic E-state index is -0.423. The fourth-order valence-corrected chi connectivity index (χ4v) is 2.77. The average Bonchev–Trinajstić information content (AvgIpc) is 2.94. The van der Waals surface area contributed by atoms with Crippen molar-refractivity contribution in [2.24, 2.45) is 4.99 Å². The van der Waals surface area contributed by atoms with E-state index in [-0.39, 0.29) is 5.82 Å². The van der Waals surface area contributed by atoms with Crippen LogP contribution in [0.4, 0.5) is 10.1 Å². The summed E-state index contributed by atoms with van der Waals surface area (Å²) in [5.74, 6) is -0.230. The predicted molar refractivity (Wildman–Crippen MR) is 66.9 cm³/mol. The smallest absolute Gasteiger partial charge is 0.235 e. The van der Waals surface area contributed by atoms with Gasteiger partial charge >= 0.3 is 0 Å². The van der Waals surface area contributed by atoms with E-state index in [4.69, 9.17) is 0 Å². The fraction of sp³-hybridized carbons (Fsp3) is 0.500. The number of hydrogen-bond donors (Lipinski definition) is 0. The molecule has 1 aromatic carbocycles. The topological polar surface area (TPSA) is 32.7 Å². The maximum atomic E-state index is 13.5. The van der Waals surface area contributed by atoms with Crippen molar-refractivity contribution in [3.8, 4) is 0 Å². The number of anilines is 1. The number of rotatable bonds is 3. The Balaban J connectivity index is 2.05. The van der Waals surface area contributed by atoms with Gasteiger partial charge in [0.05, 0.1) is 0 Å². The number of hydrogen-bond acceptors (Lipinski definition) is 3. The number of carbonyl (C=O) groups excluding carboxylic acids is 1. The molecule has 4 heteroatoms. The summed E-state index contributed by atoms with van der Waals surface area (Å²) >= 11 is 0. The van der Waals surface area contributed by atoms with E-state index < -0.39 is 5.54 Å². The van der Waals surface area contributed by atoms with Crippen LogP contribution >= 0.6 is 0 Å². The van der Waals surface area contributed by atoms with E-state index in [9.17, 15) is 9.18 Å². The first-order valence-electron chi connectivity index (χ1n) is 6.39. The molecule has 1 aliphatic heterocycles. The number of nitrogens with zero attached hydrogens (tertiary/aromatic N) is 2. The second kappa shape index (κ2) is 4.21. The quantitative estimate of drug-likeness (QED) is 0.607. The van der Waals surface area contributed by atoms with Crippen LogP contribution < -0.4 is 4.90 Å². The zero-order chi connectivity index (χ0) is 12.6. The minimum absolute atomic E-state index is 0.230. The molecule has 1 aromatic rings. The van der Waals surface area contributed by atoms with E-state index in [1.807, 2.05) is 0 Å². The van der Waals surface area contributed by atoms with Crippen molar-refractivity contribution < 1.29 is 9.18 Å². The summed E-state index contributed by atoms with van der Waals surface area (Å²) in [6.07, 6.45) is 5.65. The van der Waals surface area contributed by atoms with E-state index >= 15 is 0 Å². The van der Waals surface area contributed by atoms with Gasteiger partial charge in [0.2, 0.25) is 6.08 Å². The standard InChI is InChI=1S/C14H15FN2O/c15-11-3-4-12(14(5-6-14)16-10-18)13(9-11)17-7-1-2-8-17/h3-4,9H,1-2,5-8H2. The molecule has 1 saturated carbocycles. The first-order valence-corrected chi connectivity index (χ1v) is 6.39. The third-order valence-electron chi connectivity index (χ3n) is 3.89. The van der Waals surface area contributed by atoms with Crippen molar-refractivity contribution in [3.63, 3.8) is 0 Å². The van der Waals surface area contributed by atoms with Crippen LogP contribution in [0.5, 0.6) is 0 Å². The Labute approximate surface area is 105 Å². The molecular formula is C14H15FN2O. The average molecular weight is 246 g/mol. The Morgan fingerprint density at radius 3 is 2.61 bits per heavy atom. The second-order valence-corrected chi connectivity index (χ2v) is 5.09. The second-order valence-electron chi connectivity index (χ2n) is 5.09. The molecule has 0 radical (unpaired) electrons. The van der Waals surface area contributed by atoms with Crippen molar-refractivity contribution in [2.75, 3.05) is 18.0 Å². The van der Waals surface area contributed by atoms with Gasteiger partial charge in [0, 0.05) is 24.3 Å². The third-order valence-corrected chi connectivity index (χ3v) is 3.89. The van der Waals surface area contributed by atoms with Crippen LogP contribution in [0.2, 0.25) is 0 Å². The van der Waals surface area contributed by atoms with Gasteiger partial charge in [-0.15, -0.1) is 0 Å².